The van der Waals surface area contributed by atoms with Gasteiger partial charge >= 0.3 is 5.97 Å². The molecular weight excluding hydrogens is 194 g/mol. The molecule has 0 spiro atoms. The van der Waals surface area contributed by atoms with E-state index in [-0.39, 0.29) is 12.4 Å². The molecule has 0 fully saturated rings. The average molecular weight is 207 g/mol. The highest BCUT2D eigenvalue weighted by Crippen LogP contribution is 2.07. The number of carbonyl (C=O) groups is 1. The Kier molecular flexibility index (Phi) is 4.34. The Balaban J connectivity index is 2.86. The van der Waals surface area contributed by atoms with Crippen molar-refractivity contribution in [1.82, 2.24) is 0 Å². The number of hydrogen-bond acceptors (Lipinski definition) is 4. The summed E-state index contributed by atoms with van der Waals surface area (Å²) >= 11 is 0. The van der Waals surface area contributed by atoms with E-state index in [1.165, 1.54) is 14.2 Å². The molecule has 0 aliphatic carbocycles. The van der Waals surface area contributed by atoms with Crippen molar-refractivity contribution in [3.8, 4) is 0 Å². The van der Waals surface area contributed by atoms with E-state index in [0.29, 0.717) is 0 Å². The van der Waals surface area contributed by atoms with Crippen LogP contribution in [-0.2, 0) is 20.8 Å². The lowest BCUT2D eigenvalue weighted by Crippen LogP contribution is -2.06. The highest BCUT2D eigenvalue weighted by molar-refractivity contribution is 5.84. The average Bonchev–Trinajstić information content (AvgIpc) is 2.28. The van der Waals surface area contributed by atoms with E-state index in [4.69, 9.17) is 0 Å². The van der Waals surface area contributed by atoms with Gasteiger partial charge in [0.1, 0.15) is 7.11 Å². The highest BCUT2D eigenvalue weighted by atomic mass is 16.6. The van der Waals surface area contributed by atoms with E-state index in [2.05, 4.69) is 14.7 Å². The van der Waals surface area contributed by atoms with Crippen LogP contribution >= 0.6 is 0 Å². The zero-order valence-corrected chi connectivity index (χ0v) is 8.77. The molecule has 0 N–H and O–H groups in total. The molecule has 0 unspecified atom stereocenters. The summed E-state index contributed by atoms with van der Waals surface area (Å²) in [7, 11) is 2.84. The van der Waals surface area contributed by atoms with Crippen molar-refractivity contribution >= 4 is 12.2 Å². The van der Waals surface area contributed by atoms with E-state index in [9.17, 15) is 4.79 Å². The zero-order valence-electron chi connectivity index (χ0n) is 8.77. The van der Waals surface area contributed by atoms with Crippen LogP contribution in [0.25, 0.3) is 0 Å². The van der Waals surface area contributed by atoms with Gasteiger partial charge in [0.25, 0.3) is 0 Å². The molecule has 0 atom stereocenters. The summed E-state index contributed by atoms with van der Waals surface area (Å²) in [4.78, 5) is 15.7. The molecule has 1 aromatic carbocycles. The Morgan fingerprint density at radius 2 is 2.13 bits per heavy atom. The molecule has 0 radical (unpaired) electrons. The number of rotatable bonds is 4. The van der Waals surface area contributed by atoms with Crippen LogP contribution in [0, 0.1) is 0 Å². The van der Waals surface area contributed by atoms with Crippen molar-refractivity contribution in [3.05, 3.63) is 35.4 Å². The van der Waals surface area contributed by atoms with Gasteiger partial charge < -0.3 is 9.57 Å². The lowest BCUT2D eigenvalue weighted by molar-refractivity contribution is -0.139. The van der Waals surface area contributed by atoms with Crippen molar-refractivity contribution in [2.24, 2.45) is 5.16 Å². The molecular formula is C11H13NO3. The van der Waals surface area contributed by atoms with Crippen molar-refractivity contribution in [2.75, 3.05) is 14.2 Å². The van der Waals surface area contributed by atoms with Crippen molar-refractivity contribution in [1.29, 1.82) is 0 Å². The third-order valence-corrected chi connectivity index (χ3v) is 1.91. The molecule has 0 saturated carbocycles. The van der Waals surface area contributed by atoms with Crippen LogP contribution in [-0.4, -0.2) is 26.4 Å². The van der Waals surface area contributed by atoms with E-state index in [0.717, 1.165) is 11.1 Å². The summed E-state index contributed by atoms with van der Waals surface area (Å²) in [5.74, 6) is -0.270. The van der Waals surface area contributed by atoms with Gasteiger partial charge in [0.2, 0.25) is 0 Å². The predicted molar refractivity (Wildman–Crippen MR) is 56.8 cm³/mol. The number of benzene rings is 1. The summed E-state index contributed by atoms with van der Waals surface area (Å²) in [6, 6.07) is 7.45. The Labute approximate surface area is 88.5 Å². The predicted octanol–water partition coefficient (Wildman–Crippen LogP) is 1.38. The number of methoxy groups -OCH3 is 1. The molecule has 0 aromatic heterocycles. The molecule has 80 valence electrons. The quantitative estimate of drug-likeness (QED) is 0.426. The van der Waals surface area contributed by atoms with Crippen molar-refractivity contribution < 1.29 is 14.4 Å². The maximum atomic E-state index is 11.1. The minimum absolute atomic E-state index is 0.238. The monoisotopic (exact) mass is 207 g/mol. The minimum atomic E-state index is -0.270. The molecule has 1 aromatic rings. The summed E-state index contributed by atoms with van der Waals surface area (Å²) < 4.78 is 4.60. The van der Waals surface area contributed by atoms with Crippen LogP contribution in [0.4, 0.5) is 0 Å². The molecule has 0 amide bonds. The second kappa shape index (κ2) is 5.80. The van der Waals surface area contributed by atoms with Crippen molar-refractivity contribution in [3.63, 3.8) is 0 Å². The second-order valence-corrected chi connectivity index (χ2v) is 2.87. The van der Waals surface area contributed by atoms with Gasteiger partial charge in [0.15, 0.2) is 0 Å². The Morgan fingerprint density at radius 1 is 1.40 bits per heavy atom. The molecule has 0 heterocycles. The largest absolute Gasteiger partial charge is 0.469 e. The van der Waals surface area contributed by atoms with Gasteiger partial charge in [0.05, 0.1) is 19.7 Å². The molecule has 1 rings (SSSR count). The van der Waals surface area contributed by atoms with Crippen LogP contribution in [0.2, 0.25) is 0 Å². The molecule has 4 heteroatoms. The molecule has 0 bridgehead atoms. The first-order valence-electron chi connectivity index (χ1n) is 4.49. The van der Waals surface area contributed by atoms with E-state index >= 15 is 0 Å². The number of esters is 1. The fourth-order valence-corrected chi connectivity index (χ4v) is 1.16. The standard InChI is InChI=1S/C11H13NO3/c1-14-11(13)7-9-5-3-4-6-10(9)8-12-15-2/h3-6,8H,7H2,1-2H3. The van der Waals surface area contributed by atoms with Crippen LogP contribution in [0.1, 0.15) is 11.1 Å². The smallest absolute Gasteiger partial charge is 0.310 e. The van der Waals surface area contributed by atoms with Gasteiger partial charge in [0, 0.05) is 0 Å². The SMILES string of the molecule is CON=Cc1ccccc1CC(=O)OC. The van der Waals surface area contributed by atoms with E-state index < -0.39 is 0 Å². The first-order chi connectivity index (χ1) is 7.27. The van der Waals surface area contributed by atoms with Gasteiger partial charge in [-0.25, -0.2) is 0 Å². The number of oxime groups is 1. The maximum Gasteiger partial charge on any atom is 0.310 e. The Morgan fingerprint density at radius 3 is 2.80 bits per heavy atom. The Hall–Kier alpha value is -1.84. The minimum Gasteiger partial charge on any atom is -0.469 e. The third kappa shape index (κ3) is 3.42. The lowest BCUT2D eigenvalue weighted by atomic mass is 10.1. The fraction of sp³-hybridized carbons (Fsp3) is 0.273. The summed E-state index contributed by atoms with van der Waals surface area (Å²) in [5, 5.41) is 3.66. The number of hydrogen-bond donors (Lipinski definition) is 0. The lowest BCUT2D eigenvalue weighted by Gasteiger charge is -2.03. The third-order valence-electron chi connectivity index (χ3n) is 1.91. The normalized spacial score (nSPS) is 10.3. The number of carbonyl (C=O) groups excluding carboxylic acids is 1. The van der Waals surface area contributed by atoms with Gasteiger partial charge in [-0.05, 0) is 11.1 Å². The van der Waals surface area contributed by atoms with Crippen molar-refractivity contribution in [2.45, 2.75) is 6.42 Å². The van der Waals surface area contributed by atoms with Crippen LogP contribution in [0.3, 0.4) is 0 Å². The molecule has 0 aliphatic rings. The second-order valence-electron chi connectivity index (χ2n) is 2.87. The van der Waals surface area contributed by atoms with Gasteiger partial charge in [-0.2, -0.15) is 0 Å². The van der Waals surface area contributed by atoms with Gasteiger partial charge in [-0.1, -0.05) is 29.4 Å². The maximum absolute atomic E-state index is 11.1. The van der Waals surface area contributed by atoms with Gasteiger partial charge in [-0.15, -0.1) is 0 Å². The van der Waals surface area contributed by atoms with Crippen LogP contribution < -0.4 is 0 Å². The number of nitrogens with zero attached hydrogens (tertiary/aromatic N) is 1. The summed E-state index contributed by atoms with van der Waals surface area (Å²) in [6.07, 6.45) is 1.81. The molecule has 15 heavy (non-hydrogen) atoms. The van der Waals surface area contributed by atoms with Gasteiger partial charge in [-0.3, -0.25) is 4.79 Å². The summed E-state index contributed by atoms with van der Waals surface area (Å²) in [5.41, 5.74) is 1.72. The summed E-state index contributed by atoms with van der Waals surface area (Å²) in [6.45, 7) is 0. The zero-order chi connectivity index (χ0) is 11.1. The topological polar surface area (TPSA) is 47.9 Å². The Bertz CT molecular complexity index is 361. The first kappa shape index (κ1) is 11.2. The van der Waals surface area contributed by atoms with E-state index in [1.807, 2.05) is 24.3 Å². The molecule has 0 saturated heterocycles. The highest BCUT2D eigenvalue weighted by Gasteiger charge is 2.05. The van der Waals surface area contributed by atoms with Crippen LogP contribution in [0.5, 0.6) is 0 Å². The van der Waals surface area contributed by atoms with E-state index in [1.54, 1.807) is 6.21 Å². The first-order valence-corrected chi connectivity index (χ1v) is 4.49. The van der Waals surface area contributed by atoms with Crippen LogP contribution in [0.15, 0.2) is 29.4 Å². The molecule has 4 nitrogen and oxygen atoms in total. The molecule has 0 aliphatic heterocycles. The number of ether oxygens (including phenoxy) is 1. The fourth-order valence-electron chi connectivity index (χ4n) is 1.16.